The van der Waals surface area contributed by atoms with Gasteiger partial charge in [-0.15, -0.1) is 0 Å². The highest BCUT2D eigenvalue weighted by Gasteiger charge is 2.21. The summed E-state index contributed by atoms with van der Waals surface area (Å²) in [6, 6.07) is 0. The topological polar surface area (TPSA) is 29.5 Å². The summed E-state index contributed by atoms with van der Waals surface area (Å²) in [7, 11) is 5.49. The summed E-state index contributed by atoms with van der Waals surface area (Å²) in [5.74, 6) is -0.281. The average molecular weight is 263 g/mol. The summed E-state index contributed by atoms with van der Waals surface area (Å²) in [6.45, 7) is 3.03. The maximum absolute atomic E-state index is 11.0. The molecule has 5 heteroatoms. The van der Waals surface area contributed by atoms with E-state index in [2.05, 4.69) is 3.07 Å². The van der Waals surface area contributed by atoms with Crippen LogP contribution in [-0.2, 0) is 7.86 Å². The van der Waals surface area contributed by atoms with E-state index in [0.717, 1.165) is 5.57 Å². The first-order chi connectivity index (χ1) is 5.15. The molecule has 11 heavy (non-hydrogen) atoms. The quantitative estimate of drug-likeness (QED) is 0.512. The van der Waals surface area contributed by atoms with E-state index < -0.39 is 0 Å². The predicted octanol–water partition coefficient (Wildman–Crippen LogP) is 0.595. The second-order valence-corrected chi connectivity index (χ2v) is 2.97. The molecule has 1 aliphatic heterocycles. The fourth-order valence-electron chi connectivity index (χ4n) is 1.08. The fourth-order valence-corrected chi connectivity index (χ4v) is 1.35. The minimum Gasteiger partial charge on any atom is -0.391 e. The Morgan fingerprint density at radius 3 is 2.73 bits per heavy atom. The van der Waals surface area contributed by atoms with Crippen LogP contribution >= 0.6 is 23.0 Å². The lowest BCUT2D eigenvalue weighted by atomic mass is 10.2. The molecule has 0 N–H and O–H groups in total. The number of hydrogen-bond acceptors (Lipinski definition) is 3. The third kappa shape index (κ3) is 1.96. The summed E-state index contributed by atoms with van der Waals surface area (Å²) < 4.78 is 4.54. The molecule has 0 aromatic rings. The van der Waals surface area contributed by atoms with E-state index in [4.69, 9.17) is 7.98 Å². The molecule has 0 aromatic carbocycles. The largest absolute Gasteiger partial charge is 0.391 e. The maximum Gasteiger partial charge on any atom is 0.344 e. The molecule has 0 bridgehead atoms. The highest BCUT2D eigenvalue weighted by Crippen LogP contribution is 2.16. The number of nitrogens with zero attached hydrogens (tertiary/aromatic N) is 1. The van der Waals surface area contributed by atoms with E-state index in [1.165, 1.54) is 0 Å². The Balaban J connectivity index is 2.72. The first-order valence-electron chi connectivity index (χ1n) is 3.16. The second-order valence-electron chi connectivity index (χ2n) is 2.53. The fraction of sp³-hybridized carbons (Fsp3) is 0.500. The highest BCUT2D eigenvalue weighted by molar-refractivity contribution is 14.1. The number of rotatable bonds is 1. The third-order valence-electron chi connectivity index (χ3n) is 1.63. The van der Waals surface area contributed by atoms with Crippen LogP contribution in [0, 0.1) is 0 Å². The molecule has 2 radical (unpaired) electrons. The third-order valence-corrected chi connectivity index (χ3v) is 2.03. The van der Waals surface area contributed by atoms with Gasteiger partial charge in [0.05, 0.1) is 5.57 Å². The van der Waals surface area contributed by atoms with Gasteiger partial charge in [0.15, 0.2) is 31.0 Å². The van der Waals surface area contributed by atoms with Crippen LogP contribution in [0.15, 0.2) is 11.1 Å². The first kappa shape index (κ1) is 9.06. The molecule has 0 spiro atoms. The molecule has 1 rings (SSSR count). The van der Waals surface area contributed by atoms with Gasteiger partial charge in [-0.3, -0.25) is 0 Å². The van der Waals surface area contributed by atoms with E-state index in [-0.39, 0.29) is 5.97 Å². The molecule has 0 atom stereocenters. The van der Waals surface area contributed by atoms with Crippen LogP contribution in [-0.4, -0.2) is 31.9 Å². The van der Waals surface area contributed by atoms with Crippen molar-refractivity contribution < 1.29 is 7.86 Å². The average Bonchev–Trinajstić information content (AvgIpc) is 2.28. The standard InChI is InChI=1S/C6H7BINO2/c1-4-2-9(7)3-5(4)6(10)11-8/h2-3H2,1H3. The zero-order valence-electron chi connectivity index (χ0n) is 6.13. The lowest BCUT2D eigenvalue weighted by Crippen LogP contribution is -2.18. The number of halogens is 1. The predicted molar refractivity (Wildman–Crippen MR) is 50.1 cm³/mol. The smallest absolute Gasteiger partial charge is 0.344 e. The van der Waals surface area contributed by atoms with E-state index in [1.807, 2.05) is 6.92 Å². The van der Waals surface area contributed by atoms with E-state index in [0.29, 0.717) is 18.7 Å². The van der Waals surface area contributed by atoms with Crippen molar-refractivity contribution in [2.24, 2.45) is 0 Å². The molecule has 0 saturated carbocycles. The van der Waals surface area contributed by atoms with Gasteiger partial charge in [-0.2, -0.15) is 0 Å². The lowest BCUT2D eigenvalue weighted by molar-refractivity contribution is -0.127. The summed E-state index contributed by atoms with van der Waals surface area (Å²) in [5, 5.41) is 0. The molecule has 0 saturated heterocycles. The molecule has 0 aliphatic carbocycles. The Bertz CT molecular complexity index is 217. The van der Waals surface area contributed by atoms with E-state index in [9.17, 15) is 4.79 Å². The summed E-state index contributed by atoms with van der Waals surface area (Å²) in [4.78, 5) is 12.6. The minimum atomic E-state index is -0.281. The summed E-state index contributed by atoms with van der Waals surface area (Å²) in [6.07, 6.45) is 0. The van der Waals surface area contributed by atoms with Crippen molar-refractivity contribution in [2.75, 3.05) is 13.1 Å². The van der Waals surface area contributed by atoms with Crippen LogP contribution in [0.3, 0.4) is 0 Å². The van der Waals surface area contributed by atoms with Crippen molar-refractivity contribution in [1.82, 2.24) is 4.81 Å². The Hall–Kier alpha value is -0.0351. The van der Waals surface area contributed by atoms with Gasteiger partial charge in [-0.05, 0) is 12.5 Å². The van der Waals surface area contributed by atoms with Crippen LogP contribution in [0.5, 0.6) is 0 Å². The number of hydrogen-bond donors (Lipinski definition) is 0. The minimum absolute atomic E-state index is 0.281. The van der Waals surface area contributed by atoms with Gasteiger partial charge in [0, 0.05) is 13.1 Å². The second kappa shape index (κ2) is 3.58. The summed E-state index contributed by atoms with van der Waals surface area (Å²) in [5.41, 5.74) is 1.68. The molecular weight excluding hydrogens is 256 g/mol. The van der Waals surface area contributed by atoms with Crippen LogP contribution in [0.4, 0.5) is 0 Å². The monoisotopic (exact) mass is 263 g/mol. The van der Waals surface area contributed by atoms with Crippen LogP contribution < -0.4 is 0 Å². The Morgan fingerprint density at radius 1 is 1.73 bits per heavy atom. The molecule has 1 aliphatic rings. The van der Waals surface area contributed by atoms with Crippen LogP contribution in [0.2, 0.25) is 0 Å². The van der Waals surface area contributed by atoms with Gasteiger partial charge in [-0.1, -0.05) is 0 Å². The van der Waals surface area contributed by atoms with E-state index >= 15 is 0 Å². The molecule has 3 nitrogen and oxygen atoms in total. The van der Waals surface area contributed by atoms with Gasteiger partial charge in [-0.25, -0.2) is 4.79 Å². The molecule has 1 heterocycles. The van der Waals surface area contributed by atoms with Gasteiger partial charge in [0.1, 0.15) is 0 Å². The highest BCUT2D eigenvalue weighted by atomic mass is 127. The zero-order valence-corrected chi connectivity index (χ0v) is 8.29. The van der Waals surface area contributed by atoms with Gasteiger partial charge >= 0.3 is 5.97 Å². The van der Waals surface area contributed by atoms with Crippen molar-refractivity contribution in [3.8, 4) is 0 Å². The van der Waals surface area contributed by atoms with Gasteiger partial charge < -0.3 is 7.88 Å². The molecule has 0 amide bonds. The SMILES string of the molecule is [B]N1CC(C)=C(C(=O)OI)C1. The Kier molecular flexibility index (Phi) is 2.94. The Labute approximate surface area is 80.9 Å². The van der Waals surface area contributed by atoms with Gasteiger partial charge in [0.2, 0.25) is 0 Å². The van der Waals surface area contributed by atoms with Crippen molar-refractivity contribution >= 4 is 37.0 Å². The first-order valence-corrected chi connectivity index (χ1v) is 4.04. The Morgan fingerprint density at radius 2 is 2.36 bits per heavy atom. The van der Waals surface area contributed by atoms with Crippen molar-refractivity contribution in [3.05, 3.63) is 11.1 Å². The van der Waals surface area contributed by atoms with Crippen LogP contribution in [0.25, 0.3) is 0 Å². The maximum atomic E-state index is 11.0. The lowest BCUT2D eigenvalue weighted by Gasteiger charge is -2.05. The van der Waals surface area contributed by atoms with Crippen molar-refractivity contribution in [3.63, 3.8) is 0 Å². The number of carbonyl (C=O) groups is 1. The molecule has 58 valence electrons. The zero-order chi connectivity index (χ0) is 8.43. The van der Waals surface area contributed by atoms with E-state index in [1.54, 1.807) is 27.8 Å². The molecule has 0 unspecified atom stereocenters. The summed E-state index contributed by atoms with van der Waals surface area (Å²) >= 11 is 1.58. The number of carbonyl (C=O) groups excluding carboxylic acids is 1. The molecular formula is C6H7BINO2. The van der Waals surface area contributed by atoms with Crippen LogP contribution in [0.1, 0.15) is 6.92 Å². The van der Waals surface area contributed by atoms with Crippen molar-refractivity contribution in [2.45, 2.75) is 6.92 Å². The van der Waals surface area contributed by atoms with Gasteiger partial charge in [0.25, 0.3) is 0 Å². The molecule has 0 fully saturated rings. The normalized spacial score (nSPS) is 19.1. The van der Waals surface area contributed by atoms with Crippen molar-refractivity contribution in [1.29, 1.82) is 0 Å². The molecule has 0 aromatic heterocycles.